The molecule has 1 N–H and O–H groups in total. The first kappa shape index (κ1) is 13.9. The number of ether oxygens (including phenoxy) is 1. The summed E-state index contributed by atoms with van der Waals surface area (Å²) in [5.41, 5.74) is 1.14. The van der Waals surface area contributed by atoms with Crippen molar-refractivity contribution in [3.8, 4) is 0 Å². The van der Waals surface area contributed by atoms with E-state index >= 15 is 0 Å². The Morgan fingerprint density at radius 2 is 2.16 bits per heavy atom. The van der Waals surface area contributed by atoms with Gasteiger partial charge in [-0.05, 0) is 11.8 Å². The Morgan fingerprint density at radius 3 is 2.79 bits per heavy atom. The zero-order valence-corrected chi connectivity index (χ0v) is 12.3. The van der Waals surface area contributed by atoms with E-state index in [2.05, 4.69) is 10.3 Å². The summed E-state index contributed by atoms with van der Waals surface area (Å²) in [4.78, 5) is 16.6. The summed E-state index contributed by atoms with van der Waals surface area (Å²) in [6.45, 7) is 0.627. The number of carbonyl (C=O) groups excluding carboxylic acids is 1. The van der Waals surface area contributed by atoms with Gasteiger partial charge in [0, 0.05) is 6.54 Å². The maximum absolute atomic E-state index is 11.7. The molecule has 1 heterocycles. The maximum Gasteiger partial charge on any atom is 0.351 e. The number of esters is 1. The van der Waals surface area contributed by atoms with Gasteiger partial charge >= 0.3 is 5.97 Å². The first-order valence-electron chi connectivity index (χ1n) is 5.65. The second-order valence-electron chi connectivity index (χ2n) is 3.69. The second kappa shape index (κ2) is 6.58. The molecule has 4 nitrogen and oxygen atoms in total. The summed E-state index contributed by atoms with van der Waals surface area (Å²) >= 11 is 2.86. The number of carbonyl (C=O) groups is 1. The summed E-state index contributed by atoms with van der Waals surface area (Å²) in [5, 5.41) is 3.18. The molecule has 2 rings (SSSR count). The van der Waals surface area contributed by atoms with Gasteiger partial charge in [0.2, 0.25) is 0 Å². The Balaban J connectivity index is 2.15. The van der Waals surface area contributed by atoms with Crippen molar-refractivity contribution in [1.82, 2.24) is 4.98 Å². The highest BCUT2D eigenvalue weighted by molar-refractivity contribution is 8.00. The Kier molecular flexibility index (Phi) is 4.81. The molecule has 2 aromatic rings. The van der Waals surface area contributed by atoms with Crippen molar-refractivity contribution in [2.45, 2.75) is 10.9 Å². The highest BCUT2D eigenvalue weighted by atomic mass is 32.2. The second-order valence-corrected chi connectivity index (χ2v) is 5.74. The maximum atomic E-state index is 11.7. The molecule has 1 aromatic carbocycles. The van der Waals surface area contributed by atoms with Crippen LogP contribution in [0.2, 0.25) is 0 Å². The van der Waals surface area contributed by atoms with Crippen molar-refractivity contribution in [2.24, 2.45) is 0 Å². The lowest BCUT2D eigenvalue weighted by Crippen LogP contribution is -2.06. The molecule has 1 aromatic heterocycles. The minimum absolute atomic E-state index is 0.353. The van der Waals surface area contributed by atoms with Crippen LogP contribution >= 0.6 is 23.1 Å². The third kappa shape index (κ3) is 3.48. The fourth-order valence-corrected chi connectivity index (χ4v) is 2.98. The number of methoxy groups -OCH3 is 1. The Bertz CT molecular complexity index is 555. The summed E-state index contributed by atoms with van der Waals surface area (Å²) < 4.78 is 5.61. The zero-order valence-electron chi connectivity index (χ0n) is 10.7. The number of nitrogens with zero attached hydrogens (tertiary/aromatic N) is 1. The zero-order chi connectivity index (χ0) is 13.7. The van der Waals surface area contributed by atoms with Crippen molar-refractivity contribution in [3.05, 3.63) is 40.8 Å². The summed E-state index contributed by atoms with van der Waals surface area (Å²) in [6, 6.07) is 9.97. The van der Waals surface area contributed by atoms with Crippen molar-refractivity contribution in [1.29, 1.82) is 0 Å². The van der Waals surface area contributed by atoms with E-state index < -0.39 is 0 Å². The van der Waals surface area contributed by atoms with Gasteiger partial charge in [0.1, 0.15) is 0 Å². The molecule has 0 radical (unpaired) electrons. The minimum Gasteiger partial charge on any atom is -0.465 e. The predicted octanol–water partition coefficient (Wildman–Crippen LogP) is 3.26. The van der Waals surface area contributed by atoms with Gasteiger partial charge in [-0.3, -0.25) is 0 Å². The molecule has 0 saturated heterocycles. The van der Waals surface area contributed by atoms with Crippen LogP contribution in [0.25, 0.3) is 0 Å². The van der Waals surface area contributed by atoms with Crippen molar-refractivity contribution in [2.75, 3.05) is 18.7 Å². The van der Waals surface area contributed by atoms with E-state index in [0.717, 1.165) is 9.90 Å². The minimum atomic E-state index is -0.353. The number of hydrogen-bond donors (Lipinski definition) is 1. The molecule has 0 unspecified atom stereocenters. The Hall–Kier alpha value is -1.53. The Morgan fingerprint density at radius 1 is 1.42 bits per heavy atom. The van der Waals surface area contributed by atoms with Gasteiger partial charge in [0.05, 0.1) is 7.11 Å². The molecule has 0 atom stereocenters. The van der Waals surface area contributed by atoms with Crippen LogP contribution in [0.15, 0.2) is 34.7 Å². The highest BCUT2D eigenvalue weighted by Crippen LogP contribution is 2.30. The summed E-state index contributed by atoms with van der Waals surface area (Å²) in [6.07, 6.45) is 1.93. The fourth-order valence-electron chi connectivity index (χ4n) is 1.52. The van der Waals surface area contributed by atoms with Crippen LogP contribution in [0.1, 0.15) is 15.2 Å². The quantitative estimate of drug-likeness (QED) is 0.677. The normalized spacial score (nSPS) is 10.2. The standard InChI is InChI=1S/C13H14N2O2S2/c1-17-12(16)10-11(15-13(18-2)19-10)14-8-9-6-4-3-5-7-9/h3-7,14H,8H2,1-2H3. The number of benzene rings is 1. The molecule has 0 aliphatic rings. The van der Waals surface area contributed by atoms with Gasteiger partial charge in [0.25, 0.3) is 0 Å². The number of thioether (sulfide) groups is 1. The number of thiazole rings is 1. The largest absolute Gasteiger partial charge is 0.465 e. The molecule has 0 amide bonds. The van der Waals surface area contributed by atoms with E-state index in [1.165, 1.54) is 30.2 Å². The molecule has 0 spiro atoms. The van der Waals surface area contributed by atoms with E-state index in [0.29, 0.717) is 17.2 Å². The average Bonchev–Trinajstić information content (AvgIpc) is 2.88. The van der Waals surface area contributed by atoms with Crippen LogP contribution in [0.3, 0.4) is 0 Å². The lowest BCUT2D eigenvalue weighted by atomic mass is 10.2. The van der Waals surface area contributed by atoms with E-state index in [9.17, 15) is 4.79 Å². The third-order valence-corrected chi connectivity index (χ3v) is 4.48. The monoisotopic (exact) mass is 294 g/mol. The van der Waals surface area contributed by atoms with Crippen molar-refractivity contribution in [3.63, 3.8) is 0 Å². The first-order chi connectivity index (χ1) is 9.24. The van der Waals surface area contributed by atoms with Gasteiger partial charge in [-0.15, -0.1) is 0 Å². The molecular weight excluding hydrogens is 280 g/mol. The number of aromatic nitrogens is 1. The molecule has 0 aliphatic carbocycles. The van der Waals surface area contributed by atoms with Gasteiger partial charge in [-0.25, -0.2) is 9.78 Å². The van der Waals surface area contributed by atoms with Crippen LogP contribution in [0.5, 0.6) is 0 Å². The van der Waals surface area contributed by atoms with Gasteiger partial charge in [-0.1, -0.05) is 53.4 Å². The van der Waals surface area contributed by atoms with Crippen LogP contribution in [-0.4, -0.2) is 24.3 Å². The third-order valence-electron chi connectivity index (χ3n) is 2.46. The molecule has 0 saturated carbocycles. The molecule has 0 fully saturated rings. The SMILES string of the molecule is COC(=O)c1sc(SC)nc1NCc1ccccc1. The van der Waals surface area contributed by atoms with E-state index in [-0.39, 0.29) is 5.97 Å². The van der Waals surface area contributed by atoms with Crippen molar-refractivity contribution < 1.29 is 9.53 Å². The number of hydrogen-bond acceptors (Lipinski definition) is 6. The fraction of sp³-hybridized carbons (Fsp3) is 0.231. The van der Waals surface area contributed by atoms with Crippen LogP contribution < -0.4 is 5.32 Å². The lowest BCUT2D eigenvalue weighted by Gasteiger charge is -2.05. The number of rotatable bonds is 5. The molecule has 6 heteroatoms. The topological polar surface area (TPSA) is 51.2 Å². The molecular formula is C13H14N2O2S2. The van der Waals surface area contributed by atoms with Gasteiger partial charge in [-0.2, -0.15) is 0 Å². The van der Waals surface area contributed by atoms with E-state index in [4.69, 9.17) is 4.74 Å². The number of nitrogens with one attached hydrogen (secondary N) is 1. The van der Waals surface area contributed by atoms with Gasteiger partial charge < -0.3 is 10.1 Å². The molecule has 19 heavy (non-hydrogen) atoms. The van der Waals surface area contributed by atoms with E-state index in [1.807, 2.05) is 36.6 Å². The van der Waals surface area contributed by atoms with Crippen molar-refractivity contribution >= 4 is 34.9 Å². The molecule has 0 bridgehead atoms. The highest BCUT2D eigenvalue weighted by Gasteiger charge is 2.18. The Labute approximate surface area is 120 Å². The predicted molar refractivity (Wildman–Crippen MR) is 79.0 cm³/mol. The van der Waals surface area contributed by atoms with Gasteiger partial charge in [0.15, 0.2) is 15.0 Å². The molecule has 100 valence electrons. The average molecular weight is 294 g/mol. The summed E-state index contributed by atoms with van der Waals surface area (Å²) in [5.74, 6) is 0.235. The number of anilines is 1. The van der Waals surface area contributed by atoms with Crippen LogP contribution in [0.4, 0.5) is 5.82 Å². The van der Waals surface area contributed by atoms with Crippen LogP contribution in [0, 0.1) is 0 Å². The summed E-state index contributed by atoms with van der Waals surface area (Å²) in [7, 11) is 1.38. The van der Waals surface area contributed by atoms with E-state index in [1.54, 1.807) is 0 Å². The molecule has 0 aliphatic heterocycles. The lowest BCUT2D eigenvalue weighted by molar-refractivity contribution is 0.0607. The first-order valence-corrected chi connectivity index (χ1v) is 7.69. The van der Waals surface area contributed by atoms with Crippen LogP contribution in [-0.2, 0) is 11.3 Å². The smallest absolute Gasteiger partial charge is 0.351 e.